The summed E-state index contributed by atoms with van der Waals surface area (Å²) in [6.07, 6.45) is 7.83. The fraction of sp³-hybridized carbons (Fsp3) is 0.333. The number of nitrogens with zero attached hydrogens (tertiary/aromatic N) is 5. The van der Waals surface area contributed by atoms with E-state index in [9.17, 15) is 13.6 Å². The fourth-order valence-electron chi connectivity index (χ4n) is 4.69. The number of carbonyl (C=O) groups excluding carboxylic acids is 1. The molecular formula is C24H23F3IN7OS. The summed E-state index contributed by atoms with van der Waals surface area (Å²) < 4.78 is 47.0. The highest BCUT2D eigenvalue weighted by atomic mass is 127. The minimum absolute atomic E-state index is 0.0177. The molecular weight excluding hydrogens is 618 g/mol. The molecule has 0 unspecified atom stereocenters. The third-order valence-electron chi connectivity index (χ3n) is 6.40. The van der Waals surface area contributed by atoms with Gasteiger partial charge in [-0.05, 0) is 38.7 Å². The predicted molar refractivity (Wildman–Crippen MR) is 145 cm³/mol. The predicted octanol–water partition coefficient (Wildman–Crippen LogP) is 5.56. The highest BCUT2D eigenvalue weighted by molar-refractivity contribution is 14.2. The van der Waals surface area contributed by atoms with Crippen LogP contribution in [0.1, 0.15) is 41.9 Å². The van der Waals surface area contributed by atoms with E-state index in [0.29, 0.717) is 23.1 Å². The molecule has 2 atom stereocenters. The summed E-state index contributed by atoms with van der Waals surface area (Å²) >= 11 is 2.00. The van der Waals surface area contributed by atoms with Crippen molar-refractivity contribution >= 4 is 53.0 Å². The fourth-order valence-corrected chi connectivity index (χ4v) is 6.02. The number of nitrogens with one attached hydrogen (secondary N) is 2. The molecule has 0 spiro atoms. The van der Waals surface area contributed by atoms with Crippen molar-refractivity contribution in [2.24, 2.45) is 7.05 Å². The first-order chi connectivity index (χ1) is 17.7. The zero-order chi connectivity index (χ0) is 26.3. The largest absolute Gasteiger partial charge is 0.365 e. The Bertz CT molecular complexity index is 1490. The molecule has 3 heterocycles. The van der Waals surface area contributed by atoms with Gasteiger partial charge in [0, 0.05) is 78.9 Å². The number of hydrogen-bond acceptors (Lipinski definition) is 6. The molecule has 0 aliphatic heterocycles. The van der Waals surface area contributed by atoms with Crippen LogP contribution in [0.5, 0.6) is 0 Å². The van der Waals surface area contributed by atoms with Gasteiger partial charge in [0.15, 0.2) is 23.3 Å². The van der Waals surface area contributed by atoms with Crippen molar-refractivity contribution in [3.63, 3.8) is 0 Å². The van der Waals surface area contributed by atoms with E-state index in [4.69, 9.17) is 0 Å². The van der Waals surface area contributed by atoms with Gasteiger partial charge in [-0.1, -0.05) is 0 Å². The molecule has 4 aromatic rings. The molecule has 1 fully saturated rings. The third kappa shape index (κ3) is 5.28. The van der Waals surface area contributed by atoms with E-state index in [1.807, 2.05) is 21.2 Å². The van der Waals surface area contributed by atoms with Crippen molar-refractivity contribution in [1.82, 2.24) is 28.8 Å². The van der Waals surface area contributed by atoms with E-state index in [2.05, 4.69) is 25.6 Å². The lowest BCUT2D eigenvalue weighted by atomic mass is 9.91. The first-order valence-electron chi connectivity index (χ1n) is 11.6. The molecule has 1 saturated carbocycles. The number of anilines is 1. The summed E-state index contributed by atoms with van der Waals surface area (Å²) in [5, 5.41) is 6.49. The summed E-state index contributed by atoms with van der Waals surface area (Å²) in [5.41, 5.74) is 1.06. The van der Waals surface area contributed by atoms with Gasteiger partial charge in [-0.3, -0.25) is 8.77 Å². The molecule has 2 N–H and O–H groups in total. The number of imidazole rings is 1. The number of rotatable bonds is 6. The summed E-state index contributed by atoms with van der Waals surface area (Å²) in [6, 6.07) is 1.81. The van der Waals surface area contributed by atoms with Crippen LogP contribution in [0.25, 0.3) is 22.3 Å². The molecule has 1 aromatic carbocycles. The van der Waals surface area contributed by atoms with Gasteiger partial charge in [0.05, 0.1) is 17.5 Å². The number of hydrogen-bond donors (Lipinski definition) is 2. The highest BCUT2D eigenvalue weighted by Gasteiger charge is 2.27. The van der Waals surface area contributed by atoms with Crippen LogP contribution < -0.4 is 10.6 Å². The van der Waals surface area contributed by atoms with E-state index < -0.39 is 17.5 Å². The summed E-state index contributed by atoms with van der Waals surface area (Å²) in [6.45, 7) is 1.52. The van der Waals surface area contributed by atoms with Crippen molar-refractivity contribution in [2.75, 3.05) is 5.32 Å². The molecule has 1 amide bonds. The van der Waals surface area contributed by atoms with Gasteiger partial charge in [0.2, 0.25) is 0 Å². The number of benzene rings is 1. The Hall–Kier alpha value is -2.81. The maximum Gasteiger partial charge on any atom is 0.271 e. The van der Waals surface area contributed by atoms with Crippen LogP contribution in [0.15, 0.2) is 30.9 Å². The van der Waals surface area contributed by atoms with Gasteiger partial charge in [0.1, 0.15) is 11.5 Å². The monoisotopic (exact) mass is 641 g/mol. The van der Waals surface area contributed by atoms with Gasteiger partial charge in [-0.2, -0.15) is 0 Å². The second-order valence-electron chi connectivity index (χ2n) is 9.12. The normalized spacial score (nSPS) is 17.8. The van der Waals surface area contributed by atoms with Crippen LogP contribution in [0.3, 0.4) is 0 Å². The van der Waals surface area contributed by atoms with Gasteiger partial charge < -0.3 is 15.2 Å². The highest BCUT2D eigenvalue weighted by Crippen LogP contribution is 2.36. The molecule has 8 nitrogen and oxygen atoms in total. The Morgan fingerprint density at radius 3 is 2.68 bits per heavy atom. The zero-order valence-corrected chi connectivity index (χ0v) is 22.9. The third-order valence-corrected chi connectivity index (χ3v) is 8.11. The average molecular weight is 641 g/mol. The summed E-state index contributed by atoms with van der Waals surface area (Å²) in [4.78, 5) is 25.3. The number of fused-ring (bicyclic) bond motifs is 1. The maximum absolute atomic E-state index is 15.1. The summed E-state index contributed by atoms with van der Waals surface area (Å²) in [7, 11) is 3.01. The molecule has 0 saturated heterocycles. The zero-order valence-electron chi connectivity index (χ0n) is 19.9. The smallest absolute Gasteiger partial charge is 0.271 e. The van der Waals surface area contributed by atoms with Crippen LogP contribution in [0.2, 0.25) is 0 Å². The summed E-state index contributed by atoms with van der Waals surface area (Å²) in [5.74, 6) is -2.08. The Morgan fingerprint density at radius 2 is 1.95 bits per heavy atom. The quantitative estimate of drug-likeness (QED) is 0.268. The van der Waals surface area contributed by atoms with Crippen LogP contribution >= 0.6 is 30.3 Å². The average Bonchev–Trinajstić information content (AvgIpc) is 3.46. The Labute approximate surface area is 227 Å². The molecule has 0 radical (unpaired) electrons. The van der Waals surface area contributed by atoms with Crippen molar-refractivity contribution in [2.45, 2.75) is 44.7 Å². The number of aromatic nitrogens is 5. The lowest BCUT2D eigenvalue weighted by molar-refractivity contribution is 0.0921. The van der Waals surface area contributed by atoms with Crippen LogP contribution in [0.4, 0.5) is 19.0 Å². The number of amides is 1. The first-order valence-corrected chi connectivity index (χ1v) is 14.9. The molecule has 3 aromatic heterocycles. The van der Waals surface area contributed by atoms with Crippen LogP contribution in [0, 0.1) is 24.4 Å². The number of aryl methyl sites for hydroxylation is 2. The van der Waals surface area contributed by atoms with Crippen LogP contribution in [-0.2, 0) is 7.05 Å². The molecule has 37 heavy (non-hydrogen) atoms. The van der Waals surface area contributed by atoms with Crippen molar-refractivity contribution < 1.29 is 18.0 Å². The standard InChI is InChI=1S/C24H23F3IN7OS/c1-12-20(27)23(31-14-4-3-5-15(8-14)32-24(36)19-10-34(2)11-29-19)33-22(30-12)17-9-35(37-28)21-16(17)6-13(25)7-18(21)26/h6-7,9-11,14-15H,3-5,8H2,1-2H3,(H,32,36)(H,30,31,33)/t14-,15+/m0/s1. The van der Waals surface area contributed by atoms with Gasteiger partial charge in [-0.15, -0.1) is 0 Å². The van der Waals surface area contributed by atoms with Crippen molar-refractivity contribution in [1.29, 1.82) is 0 Å². The van der Waals surface area contributed by atoms with Gasteiger partial charge >= 0.3 is 0 Å². The van der Waals surface area contributed by atoms with Crippen molar-refractivity contribution in [3.05, 3.63) is 59.7 Å². The molecule has 194 valence electrons. The van der Waals surface area contributed by atoms with E-state index in [1.165, 1.54) is 22.1 Å². The number of carbonyl (C=O) groups is 1. The van der Waals surface area contributed by atoms with E-state index in [-0.39, 0.29) is 40.8 Å². The second kappa shape index (κ2) is 10.5. The molecule has 5 rings (SSSR count). The maximum atomic E-state index is 15.1. The van der Waals surface area contributed by atoms with E-state index in [1.54, 1.807) is 34.3 Å². The molecule has 1 aliphatic rings. The topological polar surface area (TPSA) is 89.7 Å². The Balaban J connectivity index is 1.40. The van der Waals surface area contributed by atoms with Crippen LogP contribution in [-0.4, -0.2) is 41.5 Å². The van der Waals surface area contributed by atoms with Crippen molar-refractivity contribution in [3.8, 4) is 11.4 Å². The molecule has 0 bridgehead atoms. The molecule has 13 heteroatoms. The second-order valence-corrected chi connectivity index (χ2v) is 10.8. The first kappa shape index (κ1) is 25.8. The SMILES string of the molecule is Cc1nc(-c2cn(SI)c3c(F)cc(F)cc23)nc(N[C@H]2CCC[C@@H](NC(=O)c3cn(C)cn3)C2)c1F. The van der Waals surface area contributed by atoms with E-state index >= 15 is 4.39 Å². The minimum Gasteiger partial charge on any atom is -0.365 e. The lowest BCUT2D eigenvalue weighted by Crippen LogP contribution is -2.42. The Morgan fingerprint density at radius 1 is 1.16 bits per heavy atom. The van der Waals surface area contributed by atoms with Gasteiger partial charge in [-0.25, -0.2) is 28.1 Å². The number of halogens is 4. The molecule has 1 aliphatic carbocycles. The van der Waals surface area contributed by atoms with E-state index in [0.717, 1.165) is 25.3 Å². The Kier molecular flexibility index (Phi) is 7.34. The minimum atomic E-state index is -0.722. The lowest BCUT2D eigenvalue weighted by Gasteiger charge is -2.30. The van der Waals surface area contributed by atoms with Gasteiger partial charge in [0.25, 0.3) is 5.91 Å².